The van der Waals surface area contributed by atoms with Gasteiger partial charge in [-0.3, -0.25) is 9.71 Å². The Kier molecular flexibility index (Phi) is 5.37. The summed E-state index contributed by atoms with van der Waals surface area (Å²) < 4.78 is 46.4. The van der Waals surface area contributed by atoms with Gasteiger partial charge in [0.15, 0.2) is 0 Å². The van der Waals surface area contributed by atoms with Gasteiger partial charge < -0.3 is 4.74 Å². The van der Waals surface area contributed by atoms with E-state index < -0.39 is 15.8 Å². The van der Waals surface area contributed by atoms with Crippen molar-refractivity contribution in [3.8, 4) is 5.75 Å². The van der Waals surface area contributed by atoms with Crippen LogP contribution in [-0.4, -0.2) is 20.5 Å². The fourth-order valence-corrected chi connectivity index (χ4v) is 4.23. The number of para-hydroxylation sites is 1. The number of rotatable bonds is 6. The number of ether oxygens (including phenoxy) is 1. The van der Waals surface area contributed by atoms with E-state index in [-0.39, 0.29) is 16.3 Å². The molecule has 4 rings (SSSR count). The molecule has 0 saturated heterocycles. The summed E-state index contributed by atoms with van der Waals surface area (Å²) in [6.07, 6.45) is 0.580. The Morgan fingerprint density at radius 2 is 1.73 bits per heavy atom. The third-order valence-corrected chi connectivity index (χ3v) is 6.06. The molecule has 1 N–H and O–H groups in total. The van der Waals surface area contributed by atoms with E-state index in [4.69, 9.17) is 4.74 Å². The van der Waals surface area contributed by atoms with E-state index >= 15 is 0 Å². The molecule has 0 spiro atoms. The van der Waals surface area contributed by atoms with Gasteiger partial charge in [-0.25, -0.2) is 12.8 Å². The molecule has 0 aliphatic carbocycles. The first-order valence-corrected chi connectivity index (χ1v) is 10.7. The van der Waals surface area contributed by atoms with Gasteiger partial charge in [-0.2, -0.15) is 0 Å². The van der Waals surface area contributed by atoms with Gasteiger partial charge in [0.25, 0.3) is 10.0 Å². The summed E-state index contributed by atoms with van der Waals surface area (Å²) in [7, 11) is -2.50. The molecule has 1 aromatic heterocycles. The quantitative estimate of drug-likeness (QED) is 0.486. The van der Waals surface area contributed by atoms with Gasteiger partial charge in [0.1, 0.15) is 11.6 Å². The predicted octanol–water partition coefficient (Wildman–Crippen LogP) is 4.77. The normalized spacial score (nSPS) is 11.4. The van der Waals surface area contributed by atoms with Gasteiger partial charge in [-0.15, -0.1) is 0 Å². The maximum absolute atomic E-state index is 13.5. The molecule has 0 atom stereocenters. The van der Waals surface area contributed by atoms with Gasteiger partial charge in [-0.05, 0) is 42.0 Å². The van der Waals surface area contributed by atoms with Crippen molar-refractivity contribution in [3.05, 3.63) is 95.9 Å². The Balaban J connectivity index is 1.54. The number of hydrogen-bond acceptors (Lipinski definition) is 4. The van der Waals surface area contributed by atoms with E-state index in [1.807, 2.05) is 36.4 Å². The van der Waals surface area contributed by atoms with Crippen molar-refractivity contribution in [1.82, 2.24) is 4.98 Å². The number of hydrogen-bond donors (Lipinski definition) is 1. The molecule has 152 valence electrons. The van der Waals surface area contributed by atoms with Crippen molar-refractivity contribution in [2.45, 2.75) is 11.3 Å². The molecule has 4 aromatic rings. The first-order valence-electron chi connectivity index (χ1n) is 9.24. The Hall–Kier alpha value is -3.45. The first-order chi connectivity index (χ1) is 14.4. The Bertz CT molecular complexity index is 1310. The van der Waals surface area contributed by atoms with Gasteiger partial charge in [0.2, 0.25) is 0 Å². The lowest BCUT2D eigenvalue weighted by atomic mass is 10.1. The first kappa shape index (κ1) is 19.8. The van der Waals surface area contributed by atoms with E-state index in [0.29, 0.717) is 6.42 Å². The third kappa shape index (κ3) is 4.26. The summed E-state index contributed by atoms with van der Waals surface area (Å²) in [4.78, 5) is 4.72. The monoisotopic (exact) mass is 422 g/mol. The minimum Gasteiger partial charge on any atom is -0.495 e. The number of benzene rings is 3. The minimum atomic E-state index is -3.89. The molecule has 0 amide bonds. The summed E-state index contributed by atoms with van der Waals surface area (Å²) in [5.74, 6) is -0.328. The third-order valence-electron chi connectivity index (χ3n) is 4.68. The lowest BCUT2D eigenvalue weighted by molar-refractivity contribution is 0.416. The number of halogens is 1. The molecule has 7 heteroatoms. The second kappa shape index (κ2) is 8.12. The van der Waals surface area contributed by atoms with Crippen LogP contribution in [0.5, 0.6) is 5.75 Å². The number of pyridine rings is 1. The van der Waals surface area contributed by atoms with Crippen LogP contribution in [0.4, 0.5) is 10.1 Å². The molecule has 30 heavy (non-hydrogen) atoms. The zero-order valence-electron chi connectivity index (χ0n) is 16.2. The summed E-state index contributed by atoms with van der Waals surface area (Å²) in [6, 6.07) is 22.0. The van der Waals surface area contributed by atoms with Crippen molar-refractivity contribution in [2.24, 2.45) is 0 Å². The highest BCUT2D eigenvalue weighted by molar-refractivity contribution is 7.92. The Labute approximate surface area is 174 Å². The SMILES string of the molecule is COc1ccc(F)cc1NS(=O)(=O)c1ccc(Cc2ccc3ccccc3n2)cc1. The van der Waals surface area contributed by atoms with E-state index in [9.17, 15) is 12.8 Å². The number of fused-ring (bicyclic) bond motifs is 1. The maximum atomic E-state index is 13.5. The molecule has 5 nitrogen and oxygen atoms in total. The highest BCUT2D eigenvalue weighted by atomic mass is 32.2. The largest absolute Gasteiger partial charge is 0.495 e. The maximum Gasteiger partial charge on any atom is 0.262 e. The lowest BCUT2D eigenvalue weighted by Crippen LogP contribution is -2.14. The van der Waals surface area contributed by atoms with Crippen LogP contribution in [0.2, 0.25) is 0 Å². The number of methoxy groups -OCH3 is 1. The van der Waals surface area contributed by atoms with Crippen LogP contribution in [-0.2, 0) is 16.4 Å². The van der Waals surface area contributed by atoms with Gasteiger partial charge >= 0.3 is 0 Å². The van der Waals surface area contributed by atoms with Crippen molar-refractivity contribution >= 4 is 26.6 Å². The summed E-state index contributed by atoms with van der Waals surface area (Å²) in [5, 5.41) is 1.07. The summed E-state index contributed by atoms with van der Waals surface area (Å²) in [6.45, 7) is 0. The number of aromatic nitrogens is 1. The van der Waals surface area contributed by atoms with E-state index in [1.165, 1.54) is 31.4 Å². The minimum absolute atomic E-state index is 0.0435. The van der Waals surface area contributed by atoms with Gasteiger partial charge in [0, 0.05) is 23.6 Å². The average molecular weight is 422 g/mol. The topological polar surface area (TPSA) is 68.3 Å². The Morgan fingerprint density at radius 1 is 0.967 bits per heavy atom. The second-order valence-electron chi connectivity index (χ2n) is 6.77. The summed E-state index contributed by atoms with van der Waals surface area (Å²) >= 11 is 0. The van der Waals surface area contributed by atoms with Crippen LogP contribution in [0.3, 0.4) is 0 Å². The van der Waals surface area contributed by atoms with Crippen molar-refractivity contribution in [3.63, 3.8) is 0 Å². The fourth-order valence-electron chi connectivity index (χ4n) is 3.17. The molecule has 0 saturated carbocycles. The van der Waals surface area contributed by atoms with Crippen molar-refractivity contribution in [2.75, 3.05) is 11.8 Å². The lowest BCUT2D eigenvalue weighted by Gasteiger charge is -2.12. The van der Waals surface area contributed by atoms with Crippen LogP contribution >= 0.6 is 0 Å². The highest BCUT2D eigenvalue weighted by Gasteiger charge is 2.17. The zero-order valence-corrected chi connectivity index (χ0v) is 17.0. The van der Waals surface area contributed by atoms with Crippen molar-refractivity contribution < 1.29 is 17.5 Å². The molecule has 0 fully saturated rings. The fraction of sp³-hybridized carbons (Fsp3) is 0.0870. The number of anilines is 1. The standard InChI is InChI=1S/C23H19FN2O3S/c1-29-23-13-9-18(24)15-22(23)26-30(27,28)20-11-6-16(7-12-20)14-19-10-8-17-4-2-3-5-21(17)25-19/h2-13,15,26H,14H2,1H3. The molecule has 0 aliphatic rings. The van der Waals surface area contributed by atoms with Crippen molar-refractivity contribution in [1.29, 1.82) is 0 Å². The van der Waals surface area contributed by atoms with Crippen LogP contribution in [0.15, 0.2) is 83.8 Å². The molecular formula is C23H19FN2O3S. The molecule has 0 unspecified atom stereocenters. The van der Waals surface area contributed by atoms with E-state index in [0.717, 1.165) is 28.2 Å². The molecular weight excluding hydrogens is 403 g/mol. The predicted molar refractivity (Wildman–Crippen MR) is 115 cm³/mol. The van der Waals surface area contributed by atoms with Crippen LogP contribution in [0.1, 0.15) is 11.3 Å². The second-order valence-corrected chi connectivity index (χ2v) is 8.45. The molecule has 1 heterocycles. The molecule has 0 bridgehead atoms. The van der Waals surface area contributed by atoms with Crippen LogP contribution in [0.25, 0.3) is 10.9 Å². The Morgan fingerprint density at radius 3 is 2.50 bits per heavy atom. The number of sulfonamides is 1. The highest BCUT2D eigenvalue weighted by Crippen LogP contribution is 2.27. The van der Waals surface area contributed by atoms with Crippen LogP contribution in [0, 0.1) is 5.82 Å². The zero-order chi connectivity index (χ0) is 21.1. The molecule has 0 aliphatic heterocycles. The summed E-state index contributed by atoms with van der Waals surface area (Å²) in [5.41, 5.74) is 2.79. The molecule has 0 radical (unpaired) electrons. The van der Waals surface area contributed by atoms with E-state index in [2.05, 4.69) is 9.71 Å². The average Bonchev–Trinajstić information content (AvgIpc) is 2.74. The number of nitrogens with one attached hydrogen (secondary N) is 1. The smallest absolute Gasteiger partial charge is 0.262 e. The van der Waals surface area contributed by atoms with Crippen LogP contribution < -0.4 is 9.46 Å². The molecule has 3 aromatic carbocycles. The van der Waals surface area contributed by atoms with E-state index in [1.54, 1.807) is 12.1 Å². The van der Waals surface area contributed by atoms with Gasteiger partial charge in [0.05, 0.1) is 23.2 Å². The number of nitrogens with zero attached hydrogens (tertiary/aromatic N) is 1. The van der Waals surface area contributed by atoms with Gasteiger partial charge in [-0.1, -0.05) is 36.4 Å².